The molecule has 0 spiro atoms. The summed E-state index contributed by atoms with van der Waals surface area (Å²) < 4.78 is 5.66. The average molecular weight is 248 g/mol. The van der Waals surface area contributed by atoms with Gasteiger partial charge in [-0.1, -0.05) is 0 Å². The van der Waals surface area contributed by atoms with Gasteiger partial charge in [0, 0.05) is 5.56 Å². The number of benzene rings is 1. The first-order chi connectivity index (χ1) is 6.20. The van der Waals surface area contributed by atoms with E-state index in [0.29, 0.717) is 15.8 Å². The Hall–Kier alpha value is -0.780. The van der Waals surface area contributed by atoms with Crippen LogP contribution in [-0.2, 0) is 6.54 Å². The Kier molecular flexibility index (Phi) is 3.53. The third kappa shape index (κ3) is 2.12. The van der Waals surface area contributed by atoms with Gasteiger partial charge in [-0.25, -0.2) is 5.48 Å². The van der Waals surface area contributed by atoms with Crippen molar-refractivity contribution in [2.24, 2.45) is 0 Å². The highest BCUT2D eigenvalue weighted by atomic mass is 79.9. The Bertz CT molecular complexity index is 304. The molecule has 72 valence electrons. The van der Waals surface area contributed by atoms with Crippen molar-refractivity contribution < 1.29 is 15.1 Å². The SMILES string of the molecule is COc1ccc(O)c(CNO)c1Br. The van der Waals surface area contributed by atoms with Gasteiger partial charge in [0.15, 0.2) is 0 Å². The Balaban J connectivity index is 3.13. The van der Waals surface area contributed by atoms with Gasteiger partial charge < -0.3 is 15.1 Å². The van der Waals surface area contributed by atoms with Crippen LogP contribution in [0.5, 0.6) is 11.5 Å². The van der Waals surface area contributed by atoms with Crippen LogP contribution in [0.15, 0.2) is 16.6 Å². The van der Waals surface area contributed by atoms with E-state index >= 15 is 0 Å². The summed E-state index contributed by atoms with van der Waals surface area (Å²) in [6.07, 6.45) is 0. The zero-order chi connectivity index (χ0) is 9.84. The standard InChI is InChI=1S/C8H10BrNO3/c1-13-7-3-2-6(11)5(4-10-12)8(7)9/h2-3,10-12H,4H2,1H3. The van der Waals surface area contributed by atoms with Crippen molar-refractivity contribution in [3.63, 3.8) is 0 Å². The molecule has 13 heavy (non-hydrogen) atoms. The number of hydroxylamine groups is 1. The lowest BCUT2D eigenvalue weighted by Gasteiger charge is -2.09. The zero-order valence-electron chi connectivity index (χ0n) is 7.04. The molecule has 0 aliphatic rings. The van der Waals surface area contributed by atoms with Gasteiger partial charge in [-0.3, -0.25) is 0 Å². The summed E-state index contributed by atoms with van der Waals surface area (Å²) in [6, 6.07) is 3.15. The third-order valence-electron chi connectivity index (χ3n) is 1.66. The largest absolute Gasteiger partial charge is 0.508 e. The van der Waals surface area contributed by atoms with Crippen molar-refractivity contribution in [1.82, 2.24) is 5.48 Å². The molecule has 0 bridgehead atoms. The van der Waals surface area contributed by atoms with E-state index in [9.17, 15) is 5.11 Å². The molecule has 0 amide bonds. The number of phenolic OH excluding ortho intramolecular Hbond substituents is 1. The average Bonchev–Trinajstić information content (AvgIpc) is 2.12. The van der Waals surface area contributed by atoms with Crippen molar-refractivity contribution in [1.29, 1.82) is 0 Å². The number of hydrogen-bond donors (Lipinski definition) is 3. The maximum absolute atomic E-state index is 9.41. The first-order valence-electron chi connectivity index (χ1n) is 3.62. The first kappa shape index (κ1) is 10.3. The Morgan fingerprint density at radius 2 is 2.23 bits per heavy atom. The van der Waals surface area contributed by atoms with E-state index in [1.165, 1.54) is 13.2 Å². The van der Waals surface area contributed by atoms with Gasteiger partial charge in [0.05, 0.1) is 18.1 Å². The van der Waals surface area contributed by atoms with Crippen molar-refractivity contribution in [2.45, 2.75) is 6.54 Å². The van der Waals surface area contributed by atoms with E-state index in [-0.39, 0.29) is 12.3 Å². The maximum Gasteiger partial charge on any atom is 0.133 e. The number of rotatable bonds is 3. The molecule has 0 radical (unpaired) electrons. The quantitative estimate of drug-likeness (QED) is 0.711. The van der Waals surface area contributed by atoms with Crippen molar-refractivity contribution >= 4 is 15.9 Å². The minimum Gasteiger partial charge on any atom is -0.508 e. The molecule has 4 nitrogen and oxygen atoms in total. The number of hydrogen-bond acceptors (Lipinski definition) is 4. The first-order valence-corrected chi connectivity index (χ1v) is 4.41. The molecular weight excluding hydrogens is 238 g/mol. The fraction of sp³-hybridized carbons (Fsp3) is 0.250. The molecule has 0 saturated heterocycles. The molecule has 0 aliphatic heterocycles. The number of halogens is 1. The molecule has 1 aromatic rings. The van der Waals surface area contributed by atoms with E-state index in [1.54, 1.807) is 6.07 Å². The molecule has 1 aromatic carbocycles. The third-order valence-corrected chi connectivity index (χ3v) is 2.53. The smallest absolute Gasteiger partial charge is 0.133 e. The van der Waals surface area contributed by atoms with Crippen molar-refractivity contribution in [3.8, 4) is 11.5 Å². The van der Waals surface area contributed by atoms with Gasteiger partial charge >= 0.3 is 0 Å². The van der Waals surface area contributed by atoms with Crippen LogP contribution < -0.4 is 10.2 Å². The summed E-state index contributed by atoms with van der Waals surface area (Å²) in [5.41, 5.74) is 2.53. The van der Waals surface area contributed by atoms with Gasteiger partial charge in [-0.15, -0.1) is 0 Å². The normalized spacial score (nSPS) is 10.1. The summed E-state index contributed by atoms with van der Waals surface area (Å²) in [4.78, 5) is 0. The molecule has 5 heteroatoms. The number of aromatic hydroxyl groups is 1. The fourth-order valence-electron chi connectivity index (χ4n) is 0.994. The van der Waals surface area contributed by atoms with Crippen LogP contribution in [0.1, 0.15) is 5.56 Å². The predicted octanol–water partition coefficient (Wildman–Crippen LogP) is 1.64. The molecule has 0 atom stereocenters. The second-order valence-electron chi connectivity index (χ2n) is 2.41. The minimum atomic E-state index is 0.106. The second-order valence-corrected chi connectivity index (χ2v) is 3.21. The molecule has 0 aliphatic carbocycles. The molecule has 3 N–H and O–H groups in total. The number of nitrogens with one attached hydrogen (secondary N) is 1. The molecule has 1 rings (SSSR count). The predicted molar refractivity (Wildman–Crippen MR) is 51.0 cm³/mol. The molecular formula is C8H10BrNO3. The van der Waals surface area contributed by atoms with E-state index in [4.69, 9.17) is 9.94 Å². The molecule has 0 unspecified atom stereocenters. The van der Waals surface area contributed by atoms with Crippen LogP contribution in [0.4, 0.5) is 0 Å². The lowest BCUT2D eigenvalue weighted by Crippen LogP contribution is -2.07. The van der Waals surface area contributed by atoms with Crippen molar-refractivity contribution in [3.05, 3.63) is 22.2 Å². The van der Waals surface area contributed by atoms with E-state index < -0.39 is 0 Å². The Labute approximate surface area is 84.2 Å². The summed E-state index contributed by atoms with van der Waals surface area (Å²) in [5, 5.41) is 17.9. The Morgan fingerprint density at radius 3 is 2.77 bits per heavy atom. The van der Waals surface area contributed by atoms with E-state index in [1.807, 2.05) is 5.48 Å². The summed E-state index contributed by atoms with van der Waals surface area (Å²) >= 11 is 3.26. The van der Waals surface area contributed by atoms with Gasteiger partial charge in [-0.2, -0.15) is 0 Å². The van der Waals surface area contributed by atoms with Crippen molar-refractivity contribution in [2.75, 3.05) is 7.11 Å². The molecule has 0 saturated carbocycles. The summed E-state index contributed by atoms with van der Waals surface area (Å²) in [5.74, 6) is 0.720. The van der Waals surface area contributed by atoms with Crippen LogP contribution in [0.2, 0.25) is 0 Å². The van der Waals surface area contributed by atoms with Crippen LogP contribution in [0.3, 0.4) is 0 Å². The molecule has 0 heterocycles. The van der Waals surface area contributed by atoms with E-state index in [2.05, 4.69) is 15.9 Å². The molecule has 0 aromatic heterocycles. The topological polar surface area (TPSA) is 61.7 Å². The highest BCUT2D eigenvalue weighted by Crippen LogP contribution is 2.34. The van der Waals surface area contributed by atoms with Gasteiger partial charge in [0.2, 0.25) is 0 Å². The second kappa shape index (κ2) is 4.45. The lowest BCUT2D eigenvalue weighted by molar-refractivity contribution is 0.160. The number of phenols is 1. The Morgan fingerprint density at radius 1 is 1.54 bits per heavy atom. The fourth-order valence-corrected chi connectivity index (χ4v) is 1.63. The van der Waals surface area contributed by atoms with Crippen LogP contribution >= 0.6 is 15.9 Å². The number of ether oxygens (including phenoxy) is 1. The monoisotopic (exact) mass is 247 g/mol. The van der Waals surface area contributed by atoms with Gasteiger partial charge in [0.25, 0.3) is 0 Å². The van der Waals surface area contributed by atoms with Gasteiger partial charge in [0.1, 0.15) is 11.5 Å². The lowest BCUT2D eigenvalue weighted by atomic mass is 10.2. The molecule has 0 fully saturated rings. The minimum absolute atomic E-state index is 0.106. The van der Waals surface area contributed by atoms with Crippen LogP contribution in [0, 0.1) is 0 Å². The zero-order valence-corrected chi connectivity index (χ0v) is 8.63. The summed E-state index contributed by atoms with van der Waals surface area (Å²) in [6.45, 7) is 0.156. The highest BCUT2D eigenvalue weighted by molar-refractivity contribution is 9.10. The van der Waals surface area contributed by atoms with E-state index in [0.717, 1.165) is 0 Å². The maximum atomic E-state index is 9.41. The van der Waals surface area contributed by atoms with Crippen LogP contribution in [0.25, 0.3) is 0 Å². The number of methoxy groups -OCH3 is 1. The van der Waals surface area contributed by atoms with Gasteiger partial charge in [-0.05, 0) is 28.1 Å². The highest BCUT2D eigenvalue weighted by Gasteiger charge is 2.10. The van der Waals surface area contributed by atoms with Crippen LogP contribution in [-0.4, -0.2) is 17.4 Å². The summed E-state index contributed by atoms with van der Waals surface area (Å²) in [7, 11) is 1.54.